The predicted octanol–water partition coefficient (Wildman–Crippen LogP) is 6.03. The summed E-state index contributed by atoms with van der Waals surface area (Å²) >= 11 is 4.74. The van der Waals surface area contributed by atoms with Gasteiger partial charge in [-0.15, -0.1) is 11.3 Å². The van der Waals surface area contributed by atoms with E-state index in [0.717, 1.165) is 16.9 Å². The molecule has 2 aromatic heterocycles. The molecule has 0 saturated heterocycles. The van der Waals surface area contributed by atoms with Crippen LogP contribution in [0.3, 0.4) is 0 Å². The van der Waals surface area contributed by atoms with Crippen molar-refractivity contribution >= 4 is 39.0 Å². The van der Waals surface area contributed by atoms with Crippen LogP contribution in [0.4, 0.5) is 10.2 Å². The Hall–Kier alpha value is -2.97. The van der Waals surface area contributed by atoms with E-state index >= 15 is 0 Å². The number of carbonyl (C=O) groups is 1. The summed E-state index contributed by atoms with van der Waals surface area (Å²) in [5.41, 5.74) is 2.57. The first-order valence-electron chi connectivity index (χ1n) is 9.52. The number of aryl methyl sites for hydroxylation is 1. The van der Waals surface area contributed by atoms with Gasteiger partial charge in [-0.25, -0.2) is 4.39 Å². The number of hydrogen-bond acceptors (Lipinski definition) is 4. The fraction of sp³-hybridized carbons (Fsp3) is 0.130. The molecular weight excluding hydrogens is 481 g/mol. The van der Waals surface area contributed by atoms with E-state index in [1.165, 1.54) is 17.4 Å². The highest BCUT2D eigenvalue weighted by molar-refractivity contribution is 9.10. The van der Waals surface area contributed by atoms with E-state index in [0.29, 0.717) is 27.3 Å². The van der Waals surface area contributed by atoms with Gasteiger partial charge in [0.25, 0.3) is 5.91 Å². The number of thiophene rings is 1. The molecule has 0 fully saturated rings. The lowest BCUT2D eigenvalue weighted by atomic mass is 10.2. The SMILES string of the molecule is Cc1cccc(OCc2csc(C(=O)Nc3nn(Cc4ccccc4F)cc3Br)c2)c1. The molecule has 1 N–H and O–H groups in total. The molecule has 0 bridgehead atoms. The van der Waals surface area contributed by atoms with Crippen LogP contribution >= 0.6 is 27.3 Å². The molecule has 5 nitrogen and oxygen atoms in total. The minimum absolute atomic E-state index is 0.261. The van der Waals surface area contributed by atoms with Crippen LogP contribution in [0.15, 0.2) is 70.6 Å². The number of benzene rings is 2. The number of ether oxygens (including phenoxy) is 1. The Morgan fingerprint density at radius 2 is 2.06 bits per heavy atom. The van der Waals surface area contributed by atoms with Crippen LogP contribution in [0.25, 0.3) is 0 Å². The van der Waals surface area contributed by atoms with Crippen molar-refractivity contribution in [2.45, 2.75) is 20.1 Å². The number of halogens is 2. The van der Waals surface area contributed by atoms with Crippen molar-refractivity contribution in [1.82, 2.24) is 9.78 Å². The molecule has 4 aromatic rings. The Bertz CT molecular complexity index is 1220. The van der Waals surface area contributed by atoms with E-state index in [4.69, 9.17) is 4.74 Å². The number of aromatic nitrogens is 2. The minimum atomic E-state index is -0.293. The molecule has 4 rings (SSSR count). The summed E-state index contributed by atoms with van der Waals surface area (Å²) in [5.74, 6) is 0.621. The standard InChI is InChI=1S/C23H19BrFN3O2S/c1-15-5-4-7-18(9-15)30-13-16-10-21(31-14-16)23(29)26-22-19(24)12-28(27-22)11-17-6-2-3-8-20(17)25/h2-10,12,14H,11,13H2,1H3,(H,26,27,29). The first-order chi connectivity index (χ1) is 15.0. The zero-order chi connectivity index (χ0) is 21.8. The van der Waals surface area contributed by atoms with E-state index in [2.05, 4.69) is 26.3 Å². The van der Waals surface area contributed by atoms with Gasteiger partial charge < -0.3 is 10.1 Å². The van der Waals surface area contributed by atoms with Gasteiger partial charge in [-0.05, 0) is 58.1 Å². The van der Waals surface area contributed by atoms with E-state index < -0.39 is 0 Å². The largest absolute Gasteiger partial charge is 0.489 e. The number of hydrogen-bond donors (Lipinski definition) is 1. The normalized spacial score (nSPS) is 10.8. The molecule has 0 atom stereocenters. The van der Waals surface area contributed by atoms with Crippen LogP contribution in [-0.2, 0) is 13.2 Å². The van der Waals surface area contributed by atoms with Gasteiger partial charge in [-0.2, -0.15) is 5.10 Å². The summed E-state index contributed by atoms with van der Waals surface area (Å²) in [6, 6.07) is 16.2. The Balaban J connectivity index is 1.38. The maximum atomic E-state index is 13.9. The number of amides is 1. The monoisotopic (exact) mass is 499 g/mol. The van der Waals surface area contributed by atoms with Gasteiger partial charge in [0.05, 0.1) is 15.9 Å². The Labute approximate surface area is 191 Å². The van der Waals surface area contributed by atoms with Crippen LogP contribution in [0.5, 0.6) is 5.75 Å². The van der Waals surface area contributed by atoms with Gasteiger partial charge in [-0.1, -0.05) is 30.3 Å². The fourth-order valence-electron chi connectivity index (χ4n) is 2.98. The first kappa shape index (κ1) is 21.3. The van der Waals surface area contributed by atoms with Crippen molar-refractivity contribution < 1.29 is 13.9 Å². The number of rotatable bonds is 7. The van der Waals surface area contributed by atoms with Gasteiger partial charge >= 0.3 is 0 Å². The van der Waals surface area contributed by atoms with Crippen LogP contribution in [0.2, 0.25) is 0 Å². The molecule has 0 aliphatic rings. The summed E-state index contributed by atoms with van der Waals surface area (Å²) in [7, 11) is 0. The van der Waals surface area contributed by atoms with Crippen LogP contribution in [0.1, 0.15) is 26.4 Å². The topological polar surface area (TPSA) is 56.1 Å². The van der Waals surface area contributed by atoms with E-state index in [1.54, 1.807) is 35.1 Å². The molecule has 0 saturated carbocycles. The summed E-state index contributed by atoms with van der Waals surface area (Å²) in [6.07, 6.45) is 1.71. The second kappa shape index (κ2) is 9.45. The van der Waals surface area contributed by atoms with Crippen molar-refractivity contribution in [2.75, 3.05) is 5.32 Å². The van der Waals surface area contributed by atoms with Crippen molar-refractivity contribution in [3.8, 4) is 5.75 Å². The smallest absolute Gasteiger partial charge is 0.266 e. The third-order valence-corrected chi connectivity index (χ3v) is 6.07. The summed E-state index contributed by atoms with van der Waals surface area (Å²) in [4.78, 5) is 13.2. The maximum absolute atomic E-state index is 13.9. The molecule has 0 aliphatic carbocycles. The average molecular weight is 500 g/mol. The van der Waals surface area contributed by atoms with Crippen LogP contribution < -0.4 is 10.1 Å². The van der Waals surface area contributed by atoms with Gasteiger partial charge in [0, 0.05) is 17.3 Å². The molecule has 8 heteroatoms. The molecular formula is C23H19BrFN3O2S. The predicted molar refractivity (Wildman–Crippen MR) is 123 cm³/mol. The number of carbonyl (C=O) groups excluding carboxylic acids is 1. The van der Waals surface area contributed by atoms with Crippen molar-refractivity contribution in [3.63, 3.8) is 0 Å². The average Bonchev–Trinajstić information content (AvgIpc) is 3.35. The highest BCUT2D eigenvalue weighted by atomic mass is 79.9. The quantitative estimate of drug-likeness (QED) is 0.337. The highest BCUT2D eigenvalue weighted by Crippen LogP contribution is 2.24. The molecule has 31 heavy (non-hydrogen) atoms. The summed E-state index contributed by atoms with van der Waals surface area (Å²) < 4.78 is 21.9. The van der Waals surface area contributed by atoms with Crippen molar-refractivity contribution in [1.29, 1.82) is 0 Å². The summed E-state index contributed by atoms with van der Waals surface area (Å²) in [5, 5.41) is 9.05. The Morgan fingerprint density at radius 1 is 1.23 bits per heavy atom. The van der Waals surface area contributed by atoms with Gasteiger partial charge in [0.15, 0.2) is 5.82 Å². The maximum Gasteiger partial charge on any atom is 0.266 e. The molecule has 158 valence electrons. The number of anilines is 1. The molecule has 0 unspecified atom stereocenters. The Morgan fingerprint density at radius 3 is 2.87 bits per heavy atom. The van der Waals surface area contributed by atoms with Gasteiger partial charge in [0.2, 0.25) is 0 Å². The van der Waals surface area contributed by atoms with E-state index in [9.17, 15) is 9.18 Å². The lowest BCUT2D eigenvalue weighted by Gasteiger charge is -2.05. The highest BCUT2D eigenvalue weighted by Gasteiger charge is 2.15. The van der Waals surface area contributed by atoms with Gasteiger partial charge in [0.1, 0.15) is 18.2 Å². The lowest BCUT2D eigenvalue weighted by Crippen LogP contribution is -2.12. The number of nitrogens with zero attached hydrogens (tertiary/aromatic N) is 2. The van der Waals surface area contributed by atoms with Gasteiger partial charge in [-0.3, -0.25) is 9.48 Å². The molecule has 2 heterocycles. The van der Waals surface area contributed by atoms with E-state index in [-0.39, 0.29) is 18.3 Å². The van der Waals surface area contributed by atoms with Crippen LogP contribution in [0, 0.1) is 12.7 Å². The molecule has 1 amide bonds. The zero-order valence-electron chi connectivity index (χ0n) is 16.6. The second-order valence-corrected chi connectivity index (χ2v) is 8.76. The number of nitrogens with one attached hydrogen (secondary N) is 1. The van der Waals surface area contributed by atoms with Crippen molar-refractivity contribution in [3.05, 3.63) is 98.0 Å². The molecule has 0 radical (unpaired) electrons. The zero-order valence-corrected chi connectivity index (χ0v) is 19.0. The second-order valence-electron chi connectivity index (χ2n) is 6.99. The first-order valence-corrected chi connectivity index (χ1v) is 11.2. The molecule has 0 aliphatic heterocycles. The van der Waals surface area contributed by atoms with Crippen LogP contribution in [-0.4, -0.2) is 15.7 Å². The third-order valence-electron chi connectivity index (χ3n) is 4.51. The molecule has 0 spiro atoms. The van der Waals surface area contributed by atoms with E-state index in [1.807, 2.05) is 36.6 Å². The fourth-order valence-corrected chi connectivity index (χ4v) is 4.18. The molecule has 2 aromatic carbocycles. The Kier molecular flexibility index (Phi) is 6.48. The minimum Gasteiger partial charge on any atom is -0.489 e. The summed E-state index contributed by atoms with van der Waals surface area (Å²) in [6.45, 7) is 2.66. The third kappa shape index (κ3) is 5.39. The van der Waals surface area contributed by atoms with Crippen molar-refractivity contribution in [2.24, 2.45) is 0 Å². The lowest BCUT2D eigenvalue weighted by molar-refractivity contribution is 0.103.